The molecule has 0 atom stereocenters. The predicted molar refractivity (Wildman–Crippen MR) is 240 cm³/mol. The summed E-state index contributed by atoms with van der Waals surface area (Å²) in [5.74, 6) is 1.84. The lowest BCUT2D eigenvalue weighted by atomic mass is 9.93. The van der Waals surface area contributed by atoms with Crippen LogP contribution in [0, 0.1) is 0 Å². The third kappa shape index (κ3) is 6.32. The van der Waals surface area contributed by atoms with E-state index in [0.717, 1.165) is 94.0 Å². The summed E-state index contributed by atoms with van der Waals surface area (Å²) in [6.07, 6.45) is 1.83. The molecule has 0 amide bonds. The van der Waals surface area contributed by atoms with Crippen molar-refractivity contribution in [1.82, 2.24) is 19.9 Å². The van der Waals surface area contributed by atoms with E-state index in [4.69, 9.17) is 24.4 Å². The first kappa shape index (κ1) is 34.2. The molecule has 0 N–H and O–H groups in total. The fourth-order valence-electron chi connectivity index (χ4n) is 8.07. The second kappa shape index (κ2) is 14.5. The average Bonchev–Trinajstić information content (AvgIpc) is 3.71. The maximum atomic E-state index is 6.60. The molecule has 0 aliphatic carbocycles. The number of pyridine rings is 1. The molecule has 5 heteroatoms. The summed E-state index contributed by atoms with van der Waals surface area (Å²) in [5.41, 5.74) is 13.2. The van der Waals surface area contributed by atoms with Gasteiger partial charge < -0.3 is 4.42 Å². The van der Waals surface area contributed by atoms with Gasteiger partial charge in [0.05, 0.1) is 5.69 Å². The van der Waals surface area contributed by atoms with Gasteiger partial charge in [-0.3, -0.25) is 4.98 Å². The fourth-order valence-corrected chi connectivity index (χ4v) is 8.07. The fraction of sp³-hybridized carbons (Fsp3) is 0. The van der Waals surface area contributed by atoms with E-state index in [-0.39, 0.29) is 0 Å². The quantitative estimate of drug-likeness (QED) is 0.162. The van der Waals surface area contributed by atoms with E-state index in [1.807, 2.05) is 48.7 Å². The topological polar surface area (TPSA) is 64.7 Å². The lowest BCUT2D eigenvalue weighted by Gasteiger charge is -2.11. The molecule has 59 heavy (non-hydrogen) atoms. The minimum Gasteiger partial charge on any atom is -0.455 e. The summed E-state index contributed by atoms with van der Waals surface area (Å²) < 4.78 is 6.60. The summed E-state index contributed by atoms with van der Waals surface area (Å²) >= 11 is 0. The zero-order valence-corrected chi connectivity index (χ0v) is 31.8. The molecule has 276 valence electrons. The largest absolute Gasteiger partial charge is 0.455 e. The summed E-state index contributed by atoms with van der Waals surface area (Å²) in [6, 6.07) is 69.1. The molecular weight excluding hydrogens is 721 g/mol. The van der Waals surface area contributed by atoms with Gasteiger partial charge in [0.15, 0.2) is 17.5 Å². The highest BCUT2D eigenvalue weighted by Crippen LogP contribution is 2.43. The van der Waals surface area contributed by atoms with Crippen molar-refractivity contribution < 1.29 is 4.42 Å². The summed E-state index contributed by atoms with van der Waals surface area (Å²) in [6.45, 7) is 0. The van der Waals surface area contributed by atoms with Crippen molar-refractivity contribution in [3.8, 4) is 78.8 Å². The van der Waals surface area contributed by atoms with Crippen molar-refractivity contribution in [2.75, 3.05) is 0 Å². The number of rotatable bonds is 7. The molecule has 0 aliphatic heterocycles. The van der Waals surface area contributed by atoms with Crippen LogP contribution in [0.25, 0.3) is 112 Å². The van der Waals surface area contributed by atoms with Crippen LogP contribution in [0.15, 0.2) is 211 Å². The van der Waals surface area contributed by atoms with E-state index >= 15 is 0 Å². The molecule has 0 radical (unpaired) electrons. The van der Waals surface area contributed by atoms with Gasteiger partial charge in [-0.1, -0.05) is 176 Å². The van der Waals surface area contributed by atoms with Gasteiger partial charge in [-0.15, -0.1) is 0 Å². The standard InChI is InChI=1S/C54H34N4O/c1-3-12-35(13-4-1)37-21-27-40(28-22-37)52-56-53(41-29-23-38(24-30-41)36-14-5-2-6-15-36)58-54(57-52)42-31-25-39(26-32-42)46-34-47-50-45(48-19-9-10-33-55-48)18-11-20-49(50)59-51(47)44-17-8-7-16-43(44)46/h1-34H. The SMILES string of the molecule is c1ccc(-c2ccc(-c3nc(-c4ccc(-c5ccccc5)cc4)nc(-c4ccc(-c5cc6c(oc7cccc(-c8ccccn8)c76)c6ccccc56)cc4)n3)cc2)cc1. The highest BCUT2D eigenvalue weighted by molar-refractivity contribution is 6.22. The predicted octanol–water partition coefficient (Wildman–Crippen LogP) is 14.0. The van der Waals surface area contributed by atoms with Gasteiger partial charge in [0.2, 0.25) is 0 Å². The molecule has 0 unspecified atom stereocenters. The first-order chi connectivity index (χ1) is 29.2. The molecule has 0 spiro atoms. The maximum Gasteiger partial charge on any atom is 0.164 e. The highest BCUT2D eigenvalue weighted by atomic mass is 16.3. The molecular formula is C54H34N4O. The number of furan rings is 1. The second-order valence-corrected chi connectivity index (χ2v) is 14.6. The lowest BCUT2D eigenvalue weighted by molar-refractivity contribution is 0.673. The van der Waals surface area contributed by atoms with E-state index in [9.17, 15) is 0 Å². The molecule has 0 bridgehead atoms. The van der Waals surface area contributed by atoms with E-state index in [1.54, 1.807) is 0 Å². The van der Waals surface area contributed by atoms with Gasteiger partial charge in [-0.25, -0.2) is 15.0 Å². The summed E-state index contributed by atoms with van der Waals surface area (Å²) in [4.78, 5) is 19.9. The van der Waals surface area contributed by atoms with Crippen LogP contribution < -0.4 is 0 Å². The van der Waals surface area contributed by atoms with Crippen LogP contribution >= 0.6 is 0 Å². The van der Waals surface area contributed by atoms with Crippen LogP contribution in [0.2, 0.25) is 0 Å². The first-order valence-electron chi connectivity index (χ1n) is 19.7. The Balaban J connectivity index is 1.02. The van der Waals surface area contributed by atoms with Gasteiger partial charge in [0.25, 0.3) is 0 Å². The Hall–Kier alpha value is -8.02. The van der Waals surface area contributed by atoms with Crippen LogP contribution in [0.4, 0.5) is 0 Å². The Bertz CT molecular complexity index is 3170. The third-order valence-electron chi connectivity index (χ3n) is 11.0. The van der Waals surface area contributed by atoms with E-state index in [1.165, 1.54) is 0 Å². The van der Waals surface area contributed by atoms with Crippen LogP contribution in [0.3, 0.4) is 0 Å². The smallest absolute Gasteiger partial charge is 0.164 e. The number of nitrogens with zero attached hydrogens (tertiary/aromatic N) is 4. The van der Waals surface area contributed by atoms with Crippen molar-refractivity contribution in [3.63, 3.8) is 0 Å². The number of benzene rings is 8. The van der Waals surface area contributed by atoms with Gasteiger partial charge >= 0.3 is 0 Å². The van der Waals surface area contributed by atoms with Crippen LogP contribution in [0.1, 0.15) is 0 Å². The second-order valence-electron chi connectivity index (χ2n) is 14.6. The van der Waals surface area contributed by atoms with E-state index in [2.05, 4.69) is 158 Å². The van der Waals surface area contributed by atoms with E-state index in [0.29, 0.717) is 17.5 Å². The minimum absolute atomic E-state index is 0.608. The normalized spacial score (nSPS) is 11.4. The molecule has 0 fully saturated rings. The first-order valence-corrected chi connectivity index (χ1v) is 19.7. The molecule has 11 rings (SSSR count). The summed E-state index contributed by atoms with van der Waals surface area (Å²) in [5, 5.41) is 4.30. The Labute approximate surface area is 341 Å². The molecule has 8 aromatic carbocycles. The Morgan fingerprint density at radius 1 is 0.322 bits per heavy atom. The number of hydrogen-bond donors (Lipinski definition) is 0. The van der Waals surface area contributed by atoms with Crippen LogP contribution in [-0.2, 0) is 0 Å². The van der Waals surface area contributed by atoms with Crippen molar-refractivity contribution in [3.05, 3.63) is 206 Å². The lowest BCUT2D eigenvalue weighted by Crippen LogP contribution is -2.00. The number of fused-ring (bicyclic) bond motifs is 5. The van der Waals surface area contributed by atoms with Crippen LogP contribution in [0.5, 0.6) is 0 Å². The molecule has 0 aliphatic rings. The van der Waals surface area contributed by atoms with Crippen molar-refractivity contribution >= 4 is 32.7 Å². The van der Waals surface area contributed by atoms with Gasteiger partial charge in [0, 0.05) is 44.6 Å². The zero-order valence-electron chi connectivity index (χ0n) is 31.8. The molecule has 5 nitrogen and oxygen atoms in total. The van der Waals surface area contributed by atoms with Gasteiger partial charge in [0.1, 0.15) is 11.2 Å². The van der Waals surface area contributed by atoms with Crippen molar-refractivity contribution in [2.24, 2.45) is 0 Å². The molecule has 3 heterocycles. The van der Waals surface area contributed by atoms with Crippen LogP contribution in [-0.4, -0.2) is 19.9 Å². The van der Waals surface area contributed by atoms with Gasteiger partial charge in [-0.2, -0.15) is 0 Å². The number of hydrogen-bond acceptors (Lipinski definition) is 5. The third-order valence-corrected chi connectivity index (χ3v) is 11.0. The van der Waals surface area contributed by atoms with Crippen molar-refractivity contribution in [1.29, 1.82) is 0 Å². The Kier molecular flexibility index (Phi) is 8.41. The Morgan fingerprint density at radius 2 is 0.797 bits per heavy atom. The van der Waals surface area contributed by atoms with Crippen molar-refractivity contribution in [2.45, 2.75) is 0 Å². The minimum atomic E-state index is 0.608. The molecule has 0 saturated heterocycles. The van der Waals surface area contributed by atoms with E-state index < -0.39 is 0 Å². The zero-order chi connectivity index (χ0) is 39.1. The molecule has 11 aromatic rings. The highest BCUT2D eigenvalue weighted by Gasteiger charge is 2.19. The monoisotopic (exact) mass is 754 g/mol. The average molecular weight is 755 g/mol. The maximum absolute atomic E-state index is 6.60. The Morgan fingerprint density at radius 3 is 1.34 bits per heavy atom. The van der Waals surface area contributed by atoms with Gasteiger partial charge in [-0.05, 0) is 63.0 Å². The number of aromatic nitrogens is 4. The summed E-state index contributed by atoms with van der Waals surface area (Å²) in [7, 11) is 0. The molecule has 3 aromatic heterocycles. The molecule has 0 saturated carbocycles.